The number of carbonyl (C=O) groups excluding carboxylic acids is 1. The molecule has 1 saturated heterocycles. The molecule has 31 heavy (non-hydrogen) atoms. The zero-order valence-electron chi connectivity index (χ0n) is 16.3. The molecular weight excluding hydrogens is 443 g/mol. The van der Waals surface area contributed by atoms with Gasteiger partial charge < -0.3 is 10.2 Å². The molecule has 1 amide bonds. The zero-order valence-corrected chi connectivity index (χ0v) is 17.1. The maximum Gasteiger partial charge on any atom is 0.310 e. The number of halogens is 5. The summed E-state index contributed by atoms with van der Waals surface area (Å²) in [6.07, 6.45) is 3.35. The highest BCUT2D eigenvalue weighted by Gasteiger charge is 2.65. The van der Waals surface area contributed by atoms with Gasteiger partial charge in [-0.05, 0) is 49.3 Å². The number of nitrogens with zero attached hydrogens (tertiary/aromatic N) is 2. The van der Waals surface area contributed by atoms with Crippen molar-refractivity contribution in [1.82, 2.24) is 15.3 Å². The first-order valence-electron chi connectivity index (χ1n) is 9.81. The fourth-order valence-corrected chi connectivity index (χ4v) is 4.34. The van der Waals surface area contributed by atoms with E-state index in [4.69, 9.17) is 0 Å². The van der Waals surface area contributed by atoms with E-state index >= 15 is 0 Å². The van der Waals surface area contributed by atoms with Crippen LogP contribution in [0.4, 0.5) is 25.4 Å². The second-order valence-electron chi connectivity index (χ2n) is 7.97. The molecule has 0 spiro atoms. The van der Waals surface area contributed by atoms with Crippen molar-refractivity contribution in [2.24, 2.45) is 5.92 Å². The van der Waals surface area contributed by atoms with Crippen LogP contribution in [0, 0.1) is 5.92 Å². The largest absolute Gasteiger partial charge is 0.344 e. The van der Waals surface area contributed by atoms with Gasteiger partial charge in [0.15, 0.2) is 0 Å². The highest BCUT2D eigenvalue weighted by molar-refractivity contribution is 8.45. The van der Waals surface area contributed by atoms with Crippen molar-refractivity contribution in [3.8, 4) is 0 Å². The molecule has 0 radical (unpaired) electrons. The second kappa shape index (κ2) is 6.68. The van der Waals surface area contributed by atoms with Gasteiger partial charge in [0.2, 0.25) is 5.95 Å². The van der Waals surface area contributed by atoms with Crippen molar-refractivity contribution in [1.29, 1.82) is 0 Å². The van der Waals surface area contributed by atoms with E-state index in [1.54, 1.807) is 0 Å². The molecule has 12 heteroatoms. The van der Waals surface area contributed by atoms with Crippen LogP contribution in [0.15, 0.2) is 40.0 Å². The summed E-state index contributed by atoms with van der Waals surface area (Å²) in [6.45, 7) is 1.41. The first-order chi connectivity index (χ1) is 14.3. The molecule has 2 heterocycles. The van der Waals surface area contributed by atoms with Crippen LogP contribution in [0.3, 0.4) is 0 Å². The van der Waals surface area contributed by atoms with Gasteiger partial charge >= 0.3 is 10.2 Å². The van der Waals surface area contributed by atoms with Crippen molar-refractivity contribution in [3.05, 3.63) is 51.9 Å². The number of anilines is 1. The second-order valence-corrected chi connectivity index (χ2v) is 10.4. The van der Waals surface area contributed by atoms with Crippen molar-refractivity contribution >= 4 is 22.1 Å². The topological polar surface area (TPSA) is 78.1 Å². The van der Waals surface area contributed by atoms with E-state index in [1.807, 2.05) is 4.90 Å². The smallest absolute Gasteiger partial charge is 0.310 e. The maximum atomic E-state index is 13.0. The van der Waals surface area contributed by atoms with E-state index in [0.717, 1.165) is 43.9 Å². The predicted octanol–water partition coefficient (Wildman–Crippen LogP) is 4.91. The van der Waals surface area contributed by atoms with Gasteiger partial charge in [0.1, 0.15) is 10.6 Å². The van der Waals surface area contributed by atoms with E-state index in [1.165, 1.54) is 0 Å². The Labute approximate surface area is 174 Å². The van der Waals surface area contributed by atoms with Gasteiger partial charge in [-0.3, -0.25) is 14.6 Å². The van der Waals surface area contributed by atoms with Crippen molar-refractivity contribution in [2.45, 2.75) is 36.6 Å². The third kappa shape index (κ3) is 5.00. The highest BCUT2D eigenvalue weighted by atomic mass is 32.5. The Balaban J connectivity index is 1.57. The summed E-state index contributed by atoms with van der Waals surface area (Å²) in [5.41, 5.74) is -0.323. The van der Waals surface area contributed by atoms with Crippen LogP contribution in [0.25, 0.3) is 0 Å². The molecule has 1 saturated carbocycles. The average Bonchev–Trinajstić information content (AvgIpc) is 3.36. The molecule has 4 rings (SSSR count). The lowest BCUT2D eigenvalue weighted by Crippen LogP contribution is -2.33. The molecule has 2 aromatic rings. The minimum Gasteiger partial charge on any atom is -0.344 e. The highest BCUT2D eigenvalue weighted by Crippen LogP contribution is 3.02. The molecule has 1 aliphatic carbocycles. The number of carbonyl (C=O) groups is 1. The summed E-state index contributed by atoms with van der Waals surface area (Å²) in [4.78, 5) is 31.5. The Kier molecular flexibility index (Phi) is 4.65. The molecule has 1 atom stereocenters. The average molecular weight is 464 g/mol. The molecule has 0 bridgehead atoms. The quantitative estimate of drug-likeness (QED) is 0.596. The van der Waals surface area contributed by atoms with Crippen LogP contribution in [-0.4, -0.2) is 29.0 Å². The first-order valence-corrected chi connectivity index (χ1v) is 11.8. The Morgan fingerprint density at radius 3 is 2.26 bits per heavy atom. The number of aromatic amines is 1. The summed E-state index contributed by atoms with van der Waals surface area (Å²) < 4.78 is 64.9. The zero-order chi connectivity index (χ0) is 22.5. The Bertz CT molecular complexity index is 1060. The summed E-state index contributed by atoms with van der Waals surface area (Å²) in [7, 11) is -9.76. The fraction of sp³-hybridized carbons (Fsp3) is 0.421. The van der Waals surface area contributed by atoms with Crippen LogP contribution in [0.2, 0.25) is 0 Å². The van der Waals surface area contributed by atoms with Crippen molar-refractivity contribution < 1.29 is 24.2 Å². The lowest BCUT2D eigenvalue weighted by Gasteiger charge is -2.40. The Morgan fingerprint density at radius 1 is 1.10 bits per heavy atom. The lowest BCUT2D eigenvalue weighted by atomic mass is 10.0. The molecule has 170 valence electrons. The molecule has 2 N–H and O–H groups in total. The molecule has 2 aliphatic rings. The number of amides is 1. The first kappa shape index (κ1) is 21.6. The van der Waals surface area contributed by atoms with Gasteiger partial charge in [-0.15, -0.1) is 0 Å². The van der Waals surface area contributed by atoms with Gasteiger partial charge in [0, 0.05) is 19.2 Å². The van der Waals surface area contributed by atoms with E-state index < -0.39 is 32.6 Å². The maximum absolute atomic E-state index is 13.0. The van der Waals surface area contributed by atoms with Crippen LogP contribution in [0.5, 0.6) is 0 Å². The van der Waals surface area contributed by atoms with E-state index in [2.05, 4.69) is 15.3 Å². The van der Waals surface area contributed by atoms with Crippen LogP contribution < -0.4 is 15.8 Å². The Hall–Kier alpha value is -2.63. The minimum atomic E-state index is -9.76. The predicted molar refractivity (Wildman–Crippen MR) is 107 cm³/mol. The SMILES string of the molecule is O=C(NC(c1ccc(S(F)(F)(F)(F)F)cc1)C1CC1)c1cc(=O)[nH]c(N2CCCC2)n1. The molecule has 2 fully saturated rings. The number of hydrogen-bond acceptors (Lipinski definition) is 4. The van der Waals surface area contributed by atoms with Crippen LogP contribution in [0.1, 0.15) is 47.8 Å². The van der Waals surface area contributed by atoms with Gasteiger partial charge in [0.05, 0.1) is 6.04 Å². The summed E-state index contributed by atoms with van der Waals surface area (Å²) >= 11 is 0. The lowest BCUT2D eigenvalue weighted by molar-refractivity contribution is 0.0926. The molecule has 6 nitrogen and oxygen atoms in total. The number of aromatic nitrogens is 2. The van der Waals surface area contributed by atoms with Gasteiger partial charge in [-0.2, -0.15) is 0 Å². The summed E-state index contributed by atoms with van der Waals surface area (Å²) in [6, 6.07) is 2.98. The number of nitrogens with one attached hydrogen (secondary N) is 2. The van der Waals surface area contributed by atoms with E-state index in [9.17, 15) is 29.0 Å². The monoisotopic (exact) mass is 464 g/mol. The number of rotatable bonds is 6. The number of hydrogen-bond donors (Lipinski definition) is 2. The van der Waals surface area contributed by atoms with Gasteiger partial charge in [-0.25, -0.2) is 4.98 Å². The Morgan fingerprint density at radius 2 is 1.71 bits per heavy atom. The van der Waals surface area contributed by atoms with Crippen LogP contribution >= 0.6 is 10.2 Å². The molecule has 1 aromatic carbocycles. The van der Waals surface area contributed by atoms with Gasteiger partial charge in [-0.1, -0.05) is 31.6 Å². The molecule has 1 aliphatic heterocycles. The third-order valence-corrected chi connectivity index (χ3v) is 6.60. The molecule has 1 aromatic heterocycles. The standard InChI is InChI=1S/C19H21F5N4O2S/c20-31(21,22,23,24)14-7-5-13(6-8-14)17(12-3-4-12)27-18(30)15-11-16(29)26-19(25-15)28-9-1-2-10-28/h5-8,11-12,17H,1-4,9-10H2,(H,27,30)(H,25,26,29). The number of H-pyrrole nitrogens is 1. The van der Waals surface area contributed by atoms with Gasteiger partial charge in [0.25, 0.3) is 11.5 Å². The number of benzene rings is 1. The van der Waals surface area contributed by atoms with Crippen molar-refractivity contribution in [2.75, 3.05) is 18.0 Å². The summed E-state index contributed by atoms with van der Waals surface area (Å²) in [5, 5.41) is 2.70. The fourth-order valence-electron chi connectivity index (χ4n) is 3.69. The normalized spacial score (nSPS) is 20.1. The molecular formula is C19H21F5N4O2S. The third-order valence-electron chi connectivity index (χ3n) is 5.43. The molecule has 1 unspecified atom stereocenters. The minimum absolute atomic E-state index is 0.0326. The van der Waals surface area contributed by atoms with Crippen molar-refractivity contribution in [3.63, 3.8) is 0 Å². The van der Waals surface area contributed by atoms with E-state index in [0.29, 0.717) is 31.2 Å². The van der Waals surface area contributed by atoms with E-state index in [-0.39, 0.29) is 17.2 Å². The summed E-state index contributed by atoms with van der Waals surface area (Å²) in [5.74, 6) is -0.395. The van der Waals surface area contributed by atoms with Crippen LogP contribution in [-0.2, 0) is 0 Å².